The molecule has 0 aromatic heterocycles. The van der Waals surface area contributed by atoms with Crippen LogP contribution in [0.2, 0.25) is 0 Å². The van der Waals surface area contributed by atoms with E-state index >= 15 is 0 Å². The van der Waals surface area contributed by atoms with Crippen LogP contribution in [0.3, 0.4) is 0 Å². The maximum atomic E-state index is 13.0. The van der Waals surface area contributed by atoms with Crippen LogP contribution in [0.15, 0.2) is 97.2 Å². The summed E-state index contributed by atoms with van der Waals surface area (Å²) in [6.45, 7) is 4.69. The van der Waals surface area contributed by atoms with E-state index in [1.165, 1.54) is 180 Å². The zero-order chi connectivity index (χ0) is 56.3. The van der Waals surface area contributed by atoms with Gasteiger partial charge in [0, 0.05) is 6.42 Å². The molecular formula is C68H124N2O6P+. The van der Waals surface area contributed by atoms with Gasteiger partial charge in [-0.05, 0) is 89.9 Å². The van der Waals surface area contributed by atoms with Gasteiger partial charge in [0.05, 0.1) is 39.9 Å². The third-order valence-corrected chi connectivity index (χ3v) is 15.0. The lowest BCUT2D eigenvalue weighted by Crippen LogP contribution is -2.45. The highest BCUT2D eigenvalue weighted by molar-refractivity contribution is 7.47. The van der Waals surface area contributed by atoms with Crippen molar-refractivity contribution in [2.75, 3.05) is 40.9 Å². The Balaban J connectivity index is 4.22. The minimum atomic E-state index is -4.37. The van der Waals surface area contributed by atoms with E-state index in [-0.39, 0.29) is 19.1 Å². The summed E-state index contributed by atoms with van der Waals surface area (Å²) >= 11 is 0. The van der Waals surface area contributed by atoms with E-state index in [9.17, 15) is 19.4 Å². The molecule has 0 aromatic rings. The fourth-order valence-electron chi connectivity index (χ4n) is 9.04. The zero-order valence-electron chi connectivity index (χ0n) is 50.9. The number of quaternary nitrogens is 1. The van der Waals surface area contributed by atoms with E-state index in [2.05, 4.69) is 104 Å². The Morgan fingerprint density at radius 1 is 0.455 bits per heavy atom. The van der Waals surface area contributed by atoms with Crippen LogP contribution in [0.25, 0.3) is 0 Å². The summed E-state index contributed by atoms with van der Waals surface area (Å²) in [5.41, 5.74) is 0. The molecule has 0 heterocycles. The molecular weight excluding hydrogens is 972 g/mol. The number of phosphoric acid groups is 1. The molecule has 0 saturated heterocycles. The molecule has 0 aliphatic rings. The van der Waals surface area contributed by atoms with Crippen molar-refractivity contribution < 1.29 is 32.9 Å². The summed E-state index contributed by atoms with van der Waals surface area (Å²) in [6.07, 6.45) is 83.9. The molecule has 0 spiro atoms. The van der Waals surface area contributed by atoms with Gasteiger partial charge in [-0.1, -0.05) is 278 Å². The van der Waals surface area contributed by atoms with Crippen molar-refractivity contribution in [3.8, 4) is 0 Å². The molecule has 0 bridgehead atoms. The molecule has 0 aliphatic heterocycles. The Bertz CT molecular complexity index is 1570. The number of hydrogen-bond donors (Lipinski definition) is 3. The minimum absolute atomic E-state index is 0.0497. The number of aliphatic hydroxyl groups excluding tert-OH is 1. The van der Waals surface area contributed by atoms with E-state index in [0.29, 0.717) is 17.4 Å². The standard InChI is InChI=1S/C68H123N2O6P/c1-6-8-10-12-14-16-18-20-22-24-26-28-30-32-34-35-36-38-40-42-44-46-48-50-52-54-56-58-60-62-68(72)69-66(65-76-77(73,74)75-64-63-70(3,4)5)67(71)61-59-57-55-53-51-49-47-45-43-41-39-37-33-31-29-27-25-23-21-19-17-15-13-11-9-7-2/h8,10,14,16,20,22,26,28,32,34,43,45,51,53,59,61,66-67,71H,6-7,9,11-13,15,17-19,21,23-25,27,29-31,33,35-42,44,46-50,52,54-58,60,62-65H2,1-5H3,(H-,69,72,73,74)/p+1/b10-8-,16-14-,22-20-,28-26-,34-32-,45-43+,53-51+,61-59+. The third-order valence-electron chi connectivity index (χ3n) is 14.0. The number of nitrogens with zero attached hydrogens (tertiary/aromatic N) is 1. The number of nitrogens with one attached hydrogen (secondary N) is 1. The van der Waals surface area contributed by atoms with Gasteiger partial charge >= 0.3 is 7.82 Å². The molecule has 0 radical (unpaired) electrons. The molecule has 8 nitrogen and oxygen atoms in total. The molecule has 0 rings (SSSR count). The van der Waals surface area contributed by atoms with Gasteiger partial charge in [-0.2, -0.15) is 0 Å². The summed E-state index contributed by atoms with van der Waals surface area (Å²) in [5, 5.41) is 14.0. The predicted molar refractivity (Wildman–Crippen MR) is 336 cm³/mol. The number of amides is 1. The normalized spacial score (nSPS) is 14.4. The smallest absolute Gasteiger partial charge is 0.387 e. The van der Waals surface area contributed by atoms with Crippen molar-refractivity contribution in [2.45, 2.75) is 289 Å². The van der Waals surface area contributed by atoms with Crippen molar-refractivity contribution in [3.63, 3.8) is 0 Å². The van der Waals surface area contributed by atoms with Crippen molar-refractivity contribution in [1.29, 1.82) is 0 Å². The molecule has 446 valence electrons. The molecule has 77 heavy (non-hydrogen) atoms. The highest BCUT2D eigenvalue weighted by Crippen LogP contribution is 2.43. The average Bonchev–Trinajstić information content (AvgIpc) is 3.39. The third kappa shape index (κ3) is 60.9. The first-order chi connectivity index (χ1) is 37.5. The molecule has 1 amide bonds. The van der Waals surface area contributed by atoms with Crippen LogP contribution in [0.1, 0.15) is 277 Å². The van der Waals surface area contributed by atoms with E-state index < -0.39 is 20.0 Å². The van der Waals surface area contributed by atoms with E-state index in [4.69, 9.17) is 9.05 Å². The number of unbranched alkanes of at least 4 members (excludes halogenated alkanes) is 31. The maximum absolute atomic E-state index is 13.0. The second-order valence-corrected chi connectivity index (χ2v) is 24.2. The quantitative estimate of drug-likeness (QED) is 0.0243. The molecule has 3 unspecified atom stereocenters. The topological polar surface area (TPSA) is 105 Å². The highest BCUT2D eigenvalue weighted by atomic mass is 31.2. The van der Waals surface area contributed by atoms with E-state index in [1.807, 2.05) is 27.2 Å². The minimum Gasteiger partial charge on any atom is -0.387 e. The summed E-state index contributed by atoms with van der Waals surface area (Å²) in [5.74, 6) is -0.194. The first-order valence-electron chi connectivity index (χ1n) is 32.1. The zero-order valence-corrected chi connectivity index (χ0v) is 51.8. The van der Waals surface area contributed by atoms with Gasteiger partial charge in [-0.3, -0.25) is 13.8 Å². The second-order valence-electron chi connectivity index (χ2n) is 22.7. The lowest BCUT2D eigenvalue weighted by atomic mass is 10.0. The summed E-state index contributed by atoms with van der Waals surface area (Å²) < 4.78 is 23.7. The van der Waals surface area contributed by atoms with Crippen LogP contribution in [0, 0.1) is 0 Å². The molecule has 0 aliphatic carbocycles. The van der Waals surface area contributed by atoms with Gasteiger partial charge in [0.25, 0.3) is 0 Å². The van der Waals surface area contributed by atoms with E-state index in [0.717, 1.165) is 77.0 Å². The van der Waals surface area contributed by atoms with Gasteiger partial charge in [0.15, 0.2) is 0 Å². The highest BCUT2D eigenvalue weighted by Gasteiger charge is 2.27. The summed E-state index contributed by atoms with van der Waals surface area (Å²) in [6, 6.07) is -0.877. The first kappa shape index (κ1) is 74.4. The number of carbonyl (C=O) groups excluding carboxylic acids is 1. The van der Waals surface area contributed by atoms with Gasteiger partial charge in [0.2, 0.25) is 5.91 Å². The molecule has 9 heteroatoms. The lowest BCUT2D eigenvalue weighted by molar-refractivity contribution is -0.870. The molecule has 0 fully saturated rings. The van der Waals surface area contributed by atoms with Gasteiger partial charge in [-0.25, -0.2) is 4.57 Å². The monoisotopic (exact) mass is 1100 g/mol. The number of likely N-dealkylation sites (N-methyl/N-ethyl adjacent to an activating group) is 1. The van der Waals surface area contributed by atoms with Crippen LogP contribution in [0.4, 0.5) is 0 Å². The Kier molecular flexibility index (Phi) is 56.1. The van der Waals surface area contributed by atoms with Crippen LogP contribution in [-0.2, 0) is 18.4 Å². The van der Waals surface area contributed by atoms with Crippen LogP contribution in [-0.4, -0.2) is 73.4 Å². The largest absolute Gasteiger partial charge is 0.472 e. The second kappa shape index (κ2) is 58.1. The molecule has 0 aromatic carbocycles. The number of hydrogen-bond acceptors (Lipinski definition) is 5. The Morgan fingerprint density at radius 2 is 0.792 bits per heavy atom. The van der Waals surface area contributed by atoms with E-state index in [1.54, 1.807) is 6.08 Å². The van der Waals surface area contributed by atoms with Crippen LogP contribution in [0.5, 0.6) is 0 Å². The van der Waals surface area contributed by atoms with Crippen LogP contribution < -0.4 is 5.32 Å². The lowest BCUT2D eigenvalue weighted by Gasteiger charge is -2.25. The van der Waals surface area contributed by atoms with Crippen LogP contribution >= 0.6 is 7.82 Å². The first-order valence-corrected chi connectivity index (χ1v) is 33.6. The molecule has 0 saturated carbocycles. The fraction of sp³-hybridized carbons (Fsp3) is 0.750. The Labute approximate surface area is 477 Å². The number of carbonyl (C=O) groups is 1. The van der Waals surface area contributed by atoms with Crippen molar-refractivity contribution in [2.24, 2.45) is 0 Å². The number of aliphatic hydroxyl groups is 1. The van der Waals surface area contributed by atoms with Gasteiger partial charge < -0.3 is 19.8 Å². The molecule has 3 N–H and O–H groups in total. The Hall–Kier alpha value is -2.58. The Morgan fingerprint density at radius 3 is 1.19 bits per heavy atom. The predicted octanol–water partition coefficient (Wildman–Crippen LogP) is 20.2. The fourth-order valence-corrected chi connectivity index (χ4v) is 9.78. The van der Waals surface area contributed by atoms with Gasteiger partial charge in [-0.15, -0.1) is 0 Å². The summed E-state index contributed by atoms with van der Waals surface area (Å²) in [7, 11) is 1.54. The van der Waals surface area contributed by atoms with Crippen molar-refractivity contribution in [1.82, 2.24) is 5.32 Å². The summed E-state index contributed by atoms with van der Waals surface area (Å²) in [4.78, 5) is 23.4. The average molecular weight is 1100 g/mol. The number of rotatable bonds is 58. The molecule has 3 atom stereocenters. The number of allylic oxidation sites excluding steroid dienone is 15. The van der Waals surface area contributed by atoms with Crippen molar-refractivity contribution >= 4 is 13.7 Å². The SMILES string of the molecule is CC/C=C\C/C=C\C/C=C\C/C=C\C/C=C\CCCCCCCCCCCCCCCC(=O)NC(COP(=O)(O)OCC[N+](C)(C)C)C(O)/C=C/CC/C=C/CC/C=C/CCCCCCCCCCCCCCCCCC. The maximum Gasteiger partial charge on any atom is 0.472 e. The van der Waals surface area contributed by atoms with Gasteiger partial charge in [0.1, 0.15) is 13.2 Å². The van der Waals surface area contributed by atoms with Crippen molar-refractivity contribution in [3.05, 3.63) is 97.2 Å². The number of phosphoric ester groups is 1.